The van der Waals surface area contributed by atoms with E-state index in [-0.39, 0.29) is 5.91 Å². The van der Waals surface area contributed by atoms with Gasteiger partial charge in [0.15, 0.2) is 0 Å². The summed E-state index contributed by atoms with van der Waals surface area (Å²) in [6.07, 6.45) is 0.734. The quantitative estimate of drug-likeness (QED) is 0.491. The number of benzene rings is 3. The molecule has 5 rings (SSSR count). The largest absolute Gasteiger partial charge is 0.491 e. The van der Waals surface area contributed by atoms with Crippen LogP contribution in [0.2, 0.25) is 0 Å². The SMILES string of the molecule is COCCOc1ccc2c(c1)CC(c1ccc(C(=O)Nc3ccc(N4CCOCC4)cc3)cc1)=N2. The number of anilines is 2. The second-order valence-corrected chi connectivity index (χ2v) is 8.54. The minimum absolute atomic E-state index is 0.134. The molecule has 0 atom stereocenters. The lowest BCUT2D eigenvalue weighted by Gasteiger charge is -2.28. The molecule has 180 valence electrons. The summed E-state index contributed by atoms with van der Waals surface area (Å²) in [4.78, 5) is 19.8. The molecule has 0 radical (unpaired) electrons. The molecule has 0 aromatic heterocycles. The van der Waals surface area contributed by atoms with Gasteiger partial charge in [0.1, 0.15) is 12.4 Å². The summed E-state index contributed by atoms with van der Waals surface area (Å²) >= 11 is 0. The van der Waals surface area contributed by atoms with Crippen molar-refractivity contribution in [3.8, 4) is 5.75 Å². The fourth-order valence-corrected chi connectivity index (χ4v) is 4.27. The predicted octanol–water partition coefficient (Wildman–Crippen LogP) is 4.48. The van der Waals surface area contributed by atoms with Gasteiger partial charge in [-0.05, 0) is 65.7 Å². The third kappa shape index (κ3) is 5.53. The third-order valence-corrected chi connectivity index (χ3v) is 6.20. The second-order valence-electron chi connectivity index (χ2n) is 8.54. The van der Waals surface area contributed by atoms with E-state index in [1.165, 1.54) is 0 Å². The van der Waals surface area contributed by atoms with Gasteiger partial charge in [-0.15, -0.1) is 0 Å². The zero-order valence-corrected chi connectivity index (χ0v) is 19.8. The molecule has 2 heterocycles. The Kier molecular flexibility index (Phi) is 7.07. The summed E-state index contributed by atoms with van der Waals surface area (Å²) in [6.45, 7) is 4.34. The lowest BCUT2D eigenvalue weighted by molar-refractivity contribution is 0.102. The number of carbonyl (C=O) groups excluding carboxylic acids is 1. The molecule has 1 saturated heterocycles. The molecule has 1 N–H and O–H groups in total. The molecule has 1 amide bonds. The van der Waals surface area contributed by atoms with Crippen molar-refractivity contribution in [1.29, 1.82) is 0 Å². The number of aliphatic imine (C=N–C) groups is 1. The van der Waals surface area contributed by atoms with Crippen LogP contribution in [-0.2, 0) is 15.9 Å². The summed E-state index contributed by atoms with van der Waals surface area (Å²) in [5, 5.41) is 2.98. The maximum absolute atomic E-state index is 12.8. The van der Waals surface area contributed by atoms with Crippen molar-refractivity contribution >= 4 is 28.7 Å². The third-order valence-electron chi connectivity index (χ3n) is 6.20. The van der Waals surface area contributed by atoms with Gasteiger partial charge in [-0.2, -0.15) is 0 Å². The van der Waals surface area contributed by atoms with Gasteiger partial charge in [0.25, 0.3) is 5.91 Å². The molecule has 35 heavy (non-hydrogen) atoms. The molecule has 0 bridgehead atoms. The van der Waals surface area contributed by atoms with E-state index in [9.17, 15) is 4.79 Å². The summed E-state index contributed by atoms with van der Waals surface area (Å²) in [6, 6.07) is 21.5. The van der Waals surface area contributed by atoms with E-state index in [2.05, 4.69) is 10.2 Å². The lowest BCUT2D eigenvalue weighted by atomic mass is 10.0. The van der Waals surface area contributed by atoms with Crippen molar-refractivity contribution in [2.45, 2.75) is 6.42 Å². The van der Waals surface area contributed by atoms with E-state index >= 15 is 0 Å². The van der Waals surface area contributed by atoms with Gasteiger partial charge in [0, 0.05) is 43.6 Å². The zero-order valence-electron chi connectivity index (χ0n) is 19.8. The first-order valence-electron chi connectivity index (χ1n) is 11.9. The number of hydrogen-bond donors (Lipinski definition) is 1. The molecule has 2 aliphatic heterocycles. The molecule has 0 spiro atoms. The highest BCUT2D eigenvalue weighted by atomic mass is 16.5. The Bertz CT molecular complexity index is 1200. The van der Waals surface area contributed by atoms with Crippen LogP contribution in [0.3, 0.4) is 0 Å². The smallest absolute Gasteiger partial charge is 0.255 e. The van der Waals surface area contributed by atoms with Crippen LogP contribution < -0.4 is 15.0 Å². The first kappa shape index (κ1) is 23.1. The Morgan fingerprint density at radius 1 is 1.00 bits per heavy atom. The number of fused-ring (bicyclic) bond motifs is 1. The predicted molar refractivity (Wildman–Crippen MR) is 138 cm³/mol. The number of ether oxygens (including phenoxy) is 3. The standard InChI is InChI=1S/C28H29N3O4/c1-33-16-17-35-25-10-11-26-22(18-25)19-27(30-26)20-2-4-21(5-3-20)28(32)29-23-6-8-24(9-7-23)31-12-14-34-15-13-31/h2-11,18H,12-17,19H2,1H3,(H,29,32). The van der Waals surface area contributed by atoms with Crippen molar-refractivity contribution in [1.82, 2.24) is 0 Å². The van der Waals surface area contributed by atoms with Crippen molar-refractivity contribution in [2.24, 2.45) is 4.99 Å². The normalized spacial score (nSPS) is 14.9. The van der Waals surface area contributed by atoms with Crippen LogP contribution in [0.25, 0.3) is 0 Å². The van der Waals surface area contributed by atoms with Crippen LogP contribution in [0.5, 0.6) is 5.75 Å². The molecule has 7 nitrogen and oxygen atoms in total. The van der Waals surface area contributed by atoms with Crippen molar-refractivity contribution in [3.05, 3.63) is 83.4 Å². The van der Waals surface area contributed by atoms with Crippen LogP contribution in [0, 0.1) is 0 Å². The summed E-state index contributed by atoms with van der Waals surface area (Å²) in [5.74, 6) is 0.687. The number of hydrogen-bond acceptors (Lipinski definition) is 6. The molecule has 1 fully saturated rings. The number of nitrogens with zero attached hydrogens (tertiary/aromatic N) is 2. The Labute approximate surface area is 205 Å². The fraction of sp³-hybridized carbons (Fsp3) is 0.286. The van der Waals surface area contributed by atoms with Gasteiger partial charge < -0.3 is 24.4 Å². The molecule has 0 unspecified atom stereocenters. The Balaban J connectivity index is 1.19. The average molecular weight is 472 g/mol. The van der Waals surface area contributed by atoms with Crippen LogP contribution >= 0.6 is 0 Å². The average Bonchev–Trinajstić information content (AvgIpc) is 3.33. The molecule has 3 aromatic rings. The Morgan fingerprint density at radius 3 is 2.51 bits per heavy atom. The van der Waals surface area contributed by atoms with E-state index in [0.717, 1.165) is 72.4 Å². The van der Waals surface area contributed by atoms with Crippen molar-refractivity contribution < 1.29 is 19.0 Å². The maximum atomic E-state index is 12.8. The maximum Gasteiger partial charge on any atom is 0.255 e. The van der Waals surface area contributed by atoms with Gasteiger partial charge in [-0.3, -0.25) is 9.79 Å². The Hall–Kier alpha value is -3.68. The highest BCUT2D eigenvalue weighted by Crippen LogP contribution is 2.32. The molecule has 3 aromatic carbocycles. The second kappa shape index (κ2) is 10.7. The van der Waals surface area contributed by atoms with E-state index in [0.29, 0.717) is 18.8 Å². The minimum atomic E-state index is -0.134. The van der Waals surface area contributed by atoms with Crippen molar-refractivity contribution in [3.63, 3.8) is 0 Å². The van der Waals surface area contributed by atoms with E-state index in [1.54, 1.807) is 7.11 Å². The molecule has 0 aliphatic carbocycles. The van der Waals surface area contributed by atoms with Crippen LogP contribution in [0.1, 0.15) is 21.5 Å². The first-order valence-corrected chi connectivity index (χ1v) is 11.9. The summed E-state index contributed by atoms with van der Waals surface area (Å²) in [5.41, 5.74) is 6.61. The van der Waals surface area contributed by atoms with E-state index < -0.39 is 0 Å². The molecular formula is C28H29N3O4. The minimum Gasteiger partial charge on any atom is -0.491 e. The fourth-order valence-electron chi connectivity index (χ4n) is 4.27. The number of nitrogens with one attached hydrogen (secondary N) is 1. The highest BCUT2D eigenvalue weighted by Gasteiger charge is 2.18. The topological polar surface area (TPSA) is 72.4 Å². The van der Waals surface area contributed by atoms with E-state index in [4.69, 9.17) is 19.2 Å². The first-order chi connectivity index (χ1) is 17.2. The van der Waals surface area contributed by atoms with Crippen LogP contribution in [0.4, 0.5) is 17.1 Å². The van der Waals surface area contributed by atoms with Gasteiger partial charge in [-0.25, -0.2) is 0 Å². The number of amides is 1. The van der Waals surface area contributed by atoms with E-state index in [1.807, 2.05) is 66.7 Å². The molecule has 0 saturated carbocycles. The van der Waals surface area contributed by atoms with Crippen LogP contribution in [-0.4, -0.2) is 58.2 Å². The van der Waals surface area contributed by atoms with Gasteiger partial charge in [0.05, 0.1) is 31.2 Å². The summed E-state index contributed by atoms with van der Waals surface area (Å²) in [7, 11) is 1.66. The molecule has 7 heteroatoms. The zero-order chi connectivity index (χ0) is 24.0. The van der Waals surface area contributed by atoms with Gasteiger partial charge in [-0.1, -0.05) is 12.1 Å². The lowest BCUT2D eigenvalue weighted by Crippen LogP contribution is -2.36. The number of carbonyl (C=O) groups is 1. The highest BCUT2D eigenvalue weighted by molar-refractivity contribution is 6.08. The molecule has 2 aliphatic rings. The number of rotatable bonds is 8. The number of methoxy groups -OCH3 is 1. The van der Waals surface area contributed by atoms with Gasteiger partial charge in [0.2, 0.25) is 0 Å². The Morgan fingerprint density at radius 2 is 1.77 bits per heavy atom. The van der Waals surface area contributed by atoms with Crippen LogP contribution in [0.15, 0.2) is 71.7 Å². The summed E-state index contributed by atoms with van der Waals surface area (Å²) < 4.78 is 16.2. The number of morpholine rings is 1. The van der Waals surface area contributed by atoms with Gasteiger partial charge >= 0.3 is 0 Å². The monoisotopic (exact) mass is 471 g/mol. The van der Waals surface area contributed by atoms with Crippen molar-refractivity contribution in [2.75, 3.05) is 56.8 Å². The molecular weight excluding hydrogens is 442 g/mol.